The number of carbonyl (C=O) groups excluding carboxylic acids is 2. The van der Waals surface area contributed by atoms with E-state index >= 15 is 0 Å². The van der Waals surface area contributed by atoms with Gasteiger partial charge in [-0.25, -0.2) is 4.79 Å². The fourth-order valence-corrected chi connectivity index (χ4v) is 3.64. The predicted molar refractivity (Wildman–Crippen MR) is 107 cm³/mol. The van der Waals surface area contributed by atoms with Gasteiger partial charge in [-0.05, 0) is 17.7 Å². The average molecular weight is 386 g/mol. The Kier molecular flexibility index (Phi) is 4.71. The minimum absolute atomic E-state index is 0.172. The van der Waals surface area contributed by atoms with Crippen LogP contribution in [-0.4, -0.2) is 32.9 Å². The van der Waals surface area contributed by atoms with Crippen LogP contribution in [-0.2, 0) is 13.1 Å². The van der Waals surface area contributed by atoms with Crippen LogP contribution in [0.1, 0.15) is 21.6 Å². The maximum Gasteiger partial charge on any atom is 0.322 e. The van der Waals surface area contributed by atoms with Crippen molar-refractivity contribution in [3.8, 4) is 17.3 Å². The molecule has 0 saturated heterocycles. The van der Waals surface area contributed by atoms with Gasteiger partial charge >= 0.3 is 6.03 Å². The molecule has 0 unspecified atom stereocenters. The zero-order valence-electron chi connectivity index (χ0n) is 15.5. The summed E-state index contributed by atoms with van der Waals surface area (Å²) in [5.41, 5.74) is 8.67. The fraction of sp³-hybridized carbons (Fsp3) is 0.143. The number of hydrogen-bond donors (Lipinski definition) is 2. The molecule has 1 aromatic carbocycles. The van der Waals surface area contributed by atoms with Crippen LogP contribution < -0.4 is 11.1 Å². The molecule has 8 nitrogen and oxygen atoms in total. The number of nitriles is 1. The number of aromatic nitrogens is 2. The average Bonchev–Trinajstić information content (AvgIpc) is 3.08. The highest BCUT2D eigenvalue weighted by Crippen LogP contribution is 2.34. The molecule has 29 heavy (non-hydrogen) atoms. The van der Waals surface area contributed by atoms with Crippen molar-refractivity contribution in [1.82, 2.24) is 14.5 Å². The Morgan fingerprint density at radius 2 is 1.93 bits per heavy atom. The van der Waals surface area contributed by atoms with E-state index in [1.54, 1.807) is 29.4 Å². The molecule has 144 valence electrons. The van der Waals surface area contributed by atoms with Gasteiger partial charge in [-0.15, -0.1) is 0 Å². The molecule has 0 saturated carbocycles. The summed E-state index contributed by atoms with van der Waals surface area (Å²) in [6.07, 6.45) is 3.18. The van der Waals surface area contributed by atoms with E-state index in [2.05, 4.69) is 16.4 Å². The van der Waals surface area contributed by atoms with E-state index in [0.717, 1.165) is 5.56 Å². The zero-order valence-corrected chi connectivity index (χ0v) is 15.5. The van der Waals surface area contributed by atoms with Gasteiger partial charge in [-0.2, -0.15) is 5.26 Å². The molecule has 1 aliphatic heterocycles. The van der Waals surface area contributed by atoms with Gasteiger partial charge in [0.05, 0.1) is 40.9 Å². The molecule has 3 amide bonds. The first-order valence-corrected chi connectivity index (χ1v) is 9.06. The number of rotatable bonds is 3. The maximum atomic E-state index is 12.7. The quantitative estimate of drug-likeness (QED) is 0.719. The molecule has 0 radical (unpaired) electrons. The second kappa shape index (κ2) is 7.48. The Bertz CT molecular complexity index is 1120. The standard InChI is InChI=1S/C21H18N6O2/c22-11-16-18(20(23)28)17-13-26(21(29)25-15-7-4-8-24-12-15)9-10-27(17)19(16)14-5-2-1-3-6-14/h1-8,12H,9-10,13H2,(H2,23,28)(H,25,29). The van der Waals surface area contributed by atoms with Crippen molar-refractivity contribution in [2.75, 3.05) is 11.9 Å². The topological polar surface area (TPSA) is 117 Å². The number of primary amides is 1. The summed E-state index contributed by atoms with van der Waals surface area (Å²) in [5, 5.41) is 12.5. The summed E-state index contributed by atoms with van der Waals surface area (Å²) < 4.78 is 1.92. The minimum atomic E-state index is -0.679. The summed E-state index contributed by atoms with van der Waals surface area (Å²) >= 11 is 0. The Hall–Kier alpha value is -4.12. The second-order valence-electron chi connectivity index (χ2n) is 6.63. The number of nitrogens with zero attached hydrogens (tertiary/aromatic N) is 4. The first-order valence-electron chi connectivity index (χ1n) is 9.06. The number of urea groups is 1. The number of anilines is 1. The van der Waals surface area contributed by atoms with Crippen molar-refractivity contribution in [1.29, 1.82) is 5.26 Å². The van der Waals surface area contributed by atoms with Crippen LogP contribution in [0.2, 0.25) is 0 Å². The summed E-state index contributed by atoms with van der Waals surface area (Å²) in [5.74, 6) is -0.679. The molecule has 0 aliphatic carbocycles. The second-order valence-corrected chi connectivity index (χ2v) is 6.63. The number of benzene rings is 1. The third-order valence-corrected chi connectivity index (χ3v) is 4.91. The van der Waals surface area contributed by atoms with Crippen LogP contribution in [0.4, 0.5) is 10.5 Å². The van der Waals surface area contributed by atoms with Crippen molar-refractivity contribution in [2.24, 2.45) is 5.73 Å². The predicted octanol–water partition coefficient (Wildman–Crippen LogP) is 2.57. The van der Waals surface area contributed by atoms with Crippen molar-refractivity contribution in [3.63, 3.8) is 0 Å². The number of fused-ring (bicyclic) bond motifs is 1. The molecule has 8 heteroatoms. The first kappa shape index (κ1) is 18.3. The highest BCUT2D eigenvalue weighted by atomic mass is 16.2. The lowest BCUT2D eigenvalue weighted by molar-refractivity contribution is 0.0997. The normalized spacial score (nSPS) is 12.7. The van der Waals surface area contributed by atoms with E-state index in [4.69, 9.17) is 5.73 Å². The summed E-state index contributed by atoms with van der Waals surface area (Å²) in [6, 6.07) is 14.7. The number of nitrogens with one attached hydrogen (secondary N) is 1. The molecular weight excluding hydrogens is 368 g/mol. The monoisotopic (exact) mass is 386 g/mol. The van der Waals surface area contributed by atoms with Gasteiger partial charge in [0.15, 0.2) is 0 Å². The van der Waals surface area contributed by atoms with E-state index in [-0.39, 0.29) is 23.7 Å². The minimum Gasteiger partial charge on any atom is -0.366 e. The van der Waals surface area contributed by atoms with Crippen LogP contribution in [0, 0.1) is 11.3 Å². The molecule has 3 aromatic rings. The van der Waals surface area contributed by atoms with Crippen LogP contribution in [0.3, 0.4) is 0 Å². The fourth-order valence-electron chi connectivity index (χ4n) is 3.64. The molecule has 0 fully saturated rings. The number of pyridine rings is 1. The number of amides is 3. The number of carbonyl (C=O) groups is 2. The number of nitrogens with two attached hydrogens (primary N) is 1. The van der Waals surface area contributed by atoms with Gasteiger partial charge in [0.2, 0.25) is 0 Å². The Labute approximate surface area is 167 Å². The largest absolute Gasteiger partial charge is 0.366 e. The lowest BCUT2D eigenvalue weighted by Gasteiger charge is -2.30. The molecule has 3 heterocycles. The third-order valence-electron chi connectivity index (χ3n) is 4.91. The molecule has 1 aliphatic rings. The highest BCUT2D eigenvalue weighted by molar-refractivity contribution is 6.00. The first-order chi connectivity index (χ1) is 14.1. The van der Waals surface area contributed by atoms with Gasteiger partial charge in [0, 0.05) is 19.3 Å². The third kappa shape index (κ3) is 3.30. The van der Waals surface area contributed by atoms with Crippen molar-refractivity contribution in [3.05, 3.63) is 71.7 Å². The van der Waals surface area contributed by atoms with E-state index in [1.807, 2.05) is 34.9 Å². The van der Waals surface area contributed by atoms with Gasteiger partial charge in [-0.1, -0.05) is 30.3 Å². The van der Waals surface area contributed by atoms with E-state index < -0.39 is 5.91 Å². The van der Waals surface area contributed by atoms with Gasteiger partial charge in [-0.3, -0.25) is 9.78 Å². The molecule has 3 N–H and O–H groups in total. The van der Waals surface area contributed by atoms with Crippen LogP contribution in [0.15, 0.2) is 54.9 Å². The van der Waals surface area contributed by atoms with Gasteiger partial charge in [0.25, 0.3) is 5.91 Å². The zero-order chi connectivity index (χ0) is 20.4. The molecule has 4 rings (SSSR count). The van der Waals surface area contributed by atoms with E-state index in [1.165, 1.54) is 0 Å². The summed E-state index contributed by atoms with van der Waals surface area (Å²) in [7, 11) is 0. The van der Waals surface area contributed by atoms with E-state index in [9.17, 15) is 14.9 Å². The number of hydrogen-bond acceptors (Lipinski definition) is 4. The van der Waals surface area contributed by atoms with Gasteiger partial charge in [0.1, 0.15) is 6.07 Å². The smallest absolute Gasteiger partial charge is 0.322 e. The molecule has 0 atom stereocenters. The maximum absolute atomic E-state index is 12.7. The SMILES string of the molecule is N#Cc1c(C(N)=O)c2n(c1-c1ccccc1)CCN(C(=O)Nc1cccnc1)C2. The molecule has 2 aromatic heterocycles. The van der Waals surface area contributed by atoms with E-state index in [0.29, 0.717) is 30.2 Å². The Morgan fingerprint density at radius 1 is 1.14 bits per heavy atom. The lowest BCUT2D eigenvalue weighted by Crippen LogP contribution is -2.41. The summed E-state index contributed by atoms with van der Waals surface area (Å²) in [4.78, 5) is 30.5. The van der Waals surface area contributed by atoms with Crippen LogP contribution >= 0.6 is 0 Å². The van der Waals surface area contributed by atoms with Crippen molar-refractivity contribution in [2.45, 2.75) is 13.1 Å². The van der Waals surface area contributed by atoms with Gasteiger partial charge < -0.3 is 20.5 Å². The summed E-state index contributed by atoms with van der Waals surface area (Å²) in [6.45, 7) is 1.05. The molecule has 0 spiro atoms. The molecular formula is C21H18N6O2. The van der Waals surface area contributed by atoms with Crippen LogP contribution in [0.25, 0.3) is 11.3 Å². The Balaban J connectivity index is 1.73. The van der Waals surface area contributed by atoms with Crippen molar-refractivity contribution >= 4 is 17.6 Å². The van der Waals surface area contributed by atoms with Crippen molar-refractivity contribution < 1.29 is 9.59 Å². The lowest BCUT2D eigenvalue weighted by atomic mass is 10.0. The molecule has 0 bridgehead atoms. The van der Waals surface area contributed by atoms with Crippen LogP contribution in [0.5, 0.6) is 0 Å². The Morgan fingerprint density at radius 3 is 2.59 bits per heavy atom. The highest BCUT2D eigenvalue weighted by Gasteiger charge is 2.32.